The van der Waals surface area contributed by atoms with Gasteiger partial charge in [-0.05, 0) is 36.2 Å². The quantitative estimate of drug-likeness (QED) is 0.891. The molecule has 0 saturated carbocycles. The summed E-state index contributed by atoms with van der Waals surface area (Å²) in [4.78, 5) is 23.7. The Bertz CT molecular complexity index is 647. The minimum absolute atomic E-state index is 0.158. The highest BCUT2D eigenvalue weighted by molar-refractivity contribution is 6.06. The standard InChI is InChI=1S/C16H13NO2/c18-15-9-7-11-6-8-13(10-14(11)15)17-16(19)12-4-2-1-3-5-12/h1-6,8,10H,7,9H2,(H,17,19). The van der Waals surface area contributed by atoms with Gasteiger partial charge in [-0.2, -0.15) is 0 Å². The van der Waals surface area contributed by atoms with Crippen LogP contribution in [0.3, 0.4) is 0 Å². The summed E-state index contributed by atoms with van der Waals surface area (Å²) in [5.41, 5.74) is 3.09. The van der Waals surface area contributed by atoms with Gasteiger partial charge in [-0.25, -0.2) is 0 Å². The maximum atomic E-state index is 12.0. The van der Waals surface area contributed by atoms with Crippen molar-refractivity contribution in [1.82, 2.24) is 0 Å². The number of hydrogen-bond acceptors (Lipinski definition) is 2. The van der Waals surface area contributed by atoms with Crippen molar-refractivity contribution in [2.24, 2.45) is 0 Å². The van der Waals surface area contributed by atoms with E-state index in [4.69, 9.17) is 0 Å². The second-order valence-electron chi connectivity index (χ2n) is 4.62. The summed E-state index contributed by atoms with van der Waals surface area (Å²) in [6, 6.07) is 14.6. The first-order chi connectivity index (χ1) is 9.24. The molecule has 0 radical (unpaired) electrons. The molecule has 0 aromatic heterocycles. The molecule has 0 atom stereocenters. The highest BCUT2D eigenvalue weighted by Gasteiger charge is 2.19. The predicted octanol–water partition coefficient (Wildman–Crippen LogP) is 3.07. The van der Waals surface area contributed by atoms with Gasteiger partial charge >= 0.3 is 0 Å². The number of nitrogens with one attached hydrogen (secondary N) is 1. The molecule has 94 valence electrons. The van der Waals surface area contributed by atoms with Gasteiger partial charge in [-0.3, -0.25) is 9.59 Å². The molecule has 1 amide bonds. The normalized spacial score (nSPS) is 13.2. The lowest BCUT2D eigenvalue weighted by Crippen LogP contribution is -2.12. The van der Waals surface area contributed by atoms with Crippen LogP contribution < -0.4 is 5.32 Å². The van der Waals surface area contributed by atoms with E-state index >= 15 is 0 Å². The number of anilines is 1. The van der Waals surface area contributed by atoms with Crippen LogP contribution in [0.5, 0.6) is 0 Å². The fraction of sp³-hybridized carbons (Fsp3) is 0.125. The molecule has 0 saturated heterocycles. The maximum absolute atomic E-state index is 12.0. The minimum Gasteiger partial charge on any atom is -0.322 e. The molecule has 0 bridgehead atoms. The molecule has 0 heterocycles. The first-order valence-electron chi connectivity index (χ1n) is 6.26. The van der Waals surface area contributed by atoms with Gasteiger partial charge in [-0.1, -0.05) is 24.3 Å². The van der Waals surface area contributed by atoms with Gasteiger partial charge < -0.3 is 5.32 Å². The van der Waals surface area contributed by atoms with Crippen LogP contribution in [0.25, 0.3) is 0 Å². The summed E-state index contributed by atoms with van der Waals surface area (Å²) in [6.07, 6.45) is 1.38. The number of rotatable bonds is 2. The van der Waals surface area contributed by atoms with Gasteiger partial charge in [0.1, 0.15) is 0 Å². The van der Waals surface area contributed by atoms with Crippen molar-refractivity contribution in [3.63, 3.8) is 0 Å². The third kappa shape index (κ3) is 2.27. The SMILES string of the molecule is O=C(Nc1ccc2c(c1)C(=O)CC2)c1ccccc1. The lowest BCUT2D eigenvalue weighted by atomic mass is 10.1. The number of hydrogen-bond donors (Lipinski definition) is 1. The molecular weight excluding hydrogens is 238 g/mol. The van der Waals surface area contributed by atoms with Crippen LogP contribution in [0.4, 0.5) is 5.69 Å². The number of benzene rings is 2. The smallest absolute Gasteiger partial charge is 0.255 e. The van der Waals surface area contributed by atoms with Crippen LogP contribution in [0.2, 0.25) is 0 Å². The van der Waals surface area contributed by atoms with E-state index in [9.17, 15) is 9.59 Å². The Labute approximate surface area is 111 Å². The van der Waals surface area contributed by atoms with Gasteiger partial charge in [-0.15, -0.1) is 0 Å². The summed E-state index contributed by atoms with van der Waals surface area (Å²) in [6.45, 7) is 0. The molecule has 1 aliphatic rings. The van der Waals surface area contributed by atoms with Crippen molar-refractivity contribution in [2.45, 2.75) is 12.8 Å². The molecule has 1 N–H and O–H groups in total. The average Bonchev–Trinajstić information content (AvgIpc) is 2.81. The van der Waals surface area contributed by atoms with Crippen molar-refractivity contribution < 1.29 is 9.59 Å². The van der Waals surface area contributed by atoms with Gasteiger partial charge in [0.15, 0.2) is 5.78 Å². The summed E-state index contributed by atoms with van der Waals surface area (Å²) in [5.74, 6) is -0.00296. The summed E-state index contributed by atoms with van der Waals surface area (Å²) in [7, 11) is 0. The van der Waals surface area contributed by atoms with Crippen LogP contribution in [0, 0.1) is 0 Å². The van der Waals surface area contributed by atoms with E-state index in [0.29, 0.717) is 17.7 Å². The van der Waals surface area contributed by atoms with E-state index in [1.54, 1.807) is 18.2 Å². The molecule has 3 nitrogen and oxygen atoms in total. The molecule has 2 aromatic rings. The van der Waals surface area contributed by atoms with Crippen molar-refractivity contribution in [1.29, 1.82) is 0 Å². The van der Waals surface area contributed by atoms with Gasteiger partial charge in [0.25, 0.3) is 5.91 Å². The Morgan fingerprint density at radius 1 is 1.00 bits per heavy atom. The zero-order chi connectivity index (χ0) is 13.2. The second kappa shape index (κ2) is 4.69. The van der Waals surface area contributed by atoms with Crippen LogP contribution in [-0.2, 0) is 6.42 Å². The maximum Gasteiger partial charge on any atom is 0.255 e. The largest absolute Gasteiger partial charge is 0.322 e. The highest BCUT2D eigenvalue weighted by atomic mass is 16.1. The molecule has 0 unspecified atom stereocenters. The topological polar surface area (TPSA) is 46.2 Å². The minimum atomic E-state index is -0.161. The molecule has 0 fully saturated rings. The lowest BCUT2D eigenvalue weighted by Gasteiger charge is -2.07. The molecule has 19 heavy (non-hydrogen) atoms. The Hall–Kier alpha value is -2.42. The van der Waals surface area contributed by atoms with Crippen molar-refractivity contribution in [3.8, 4) is 0 Å². The zero-order valence-corrected chi connectivity index (χ0v) is 10.3. The van der Waals surface area contributed by atoms with Crippen LogP contribution in [-0.4, -0.2) is 11.7 Å². The van der Waals surface area contributed by atoms with E-state index in [0.717, 1.165) is 17.5 Å². The summed E-state index contributed by atoms with van der Waals surface area (Å²) in [5, 5.41) is 2.82. The van der Waals surface area contributed by atoms with Crippen molar-refractivity contribution in [3.05, 3.63) is 65.2 Å². The van der Waals surface area contributed by atoms with Crippen LogP contribution >= 0.6 is 0 Å². The fourth-order valence-electron chi connectivity index (χ4n) is 2.31. The van der Waals surface area contributed by atoms with Crippen molar-refractivity contribution >= 4 is 17.4 Å². The monoisotopic (exact) mass is 251 g/mol. The number of Topliss-reactive ketones (excluding diaryl/α,β-unsaturated/α-hetero) is 1. The average molecular weight is 251 g/mol. The Balaban J connectivity index is 1.83. The first-order valence-corrected chi connectivity index (χ1v) is 6.26. The molecule has 0 aliphatic heterocycles. The fourth-order valence-corrected chi connectivity index (χ4v) is 2.31. The summed E-state index contributed by atoms with van der Waals surface area (Å²) >= 11 is 0. The highest BCUT2D eigenvalue weighted by Crippen LogP contribution is 2.25. The van der Waals surface area contributed by atoms with Crippen LogP contribution in [0.15, 0.2) is 48.5 Å². The van der Waals surface area contributed by atoms with Gasteiger partial charge in [0.05, 0.1) is 0 Å². The number of fused-ring (bicyclic) bond motifs is 1. The Morgan fingerprint density at radius 3 is 2.58 bits per heavy atom. The van der Waals surface area contributed by atoms with E-state index in [1.165, 1.54) is 0 Å². The van der Waals surface area contributed by atoms with Crippen LogP contribution in [0.1, 0.15) is 32.7 Å². The van der Waals surface area contributed by atoms with E-state index < -0.39 is 0 Å². The molecule has 2 aromatic carbocycles. The number of aryl methyl sites for hydroxylation is 1. The summed E-state index contributed by atoms with van der Waals surface area (Å²) < 4.78 is 0. The Kier molecular flexibility index (Phi) is 2.88. The van der Waals surface area contributed by atoms with E-state index in [-0.39, 0.29) is 11.7 Å². The first kappa shape index (κ1) is 11.7. The molecule has 0 spiro atoms. The third-order valence-corrected chi connectivity index (χ3v) is 3.33. The van der Waals surface area contributed by atoms with Gasteiger partial charge in [0.2, 0.25) is 0 Å². The predicted molar refractivity (Wildman–Crippen MR) is 73.5 cm³/mol. The molecule has 1 aliphatic carbocycles. The number of amides is 1. The zero-order valence-electron chi connectivity index (χ0n) is 10.3. The molecule has 3 heteroatoms. The second-order valence-corrected chi connectivity index (χ2v) is 4.62. The van der Waals surface area contributed by atoms with Gasteiger partial charge in [0, 0.05) is 23.2 Å². The molecular formula is C16H13NO2. The number of ketones is 1. The third-order valence-electron chi connectivity index (χ3n) is 3.33. The van der Waals surface area contributed by atoms with E-state index in [1.807, 2.05) is 30.3 Å². The lowest BCUT2D eigenvalue weighted by molar-refractivity contribution is 0.0991. The number of carbonyl (C=O) groups excluding carboxylic acids is 2. The van der Waals surface area contributed by atoms with E-state index in [2.05, 4.69) is 5.32 Å². The molecule has 3 rings (SSSR count). The Morgan fingerprint density at radius 2 is 1.79 bits per heavy atom. The van der Waals surface area contributed by atoms with Crippen molar-refractivity contribution in [2.75, 3.05) is 5.32 Å². The number of carbonyl (C=O) groups is 2.